The van der Waals surface area contributed by atoms with E-state index in [-0.39, 0.29) is 12.1 Å². The van der Waals surface area contributed by atoms with Gasteiger partial charge in [0.25, 0.3) is 0 Å². The number of urea groups is 1. The Bertz CT molecular complexity index is 1060. The van der Waals surface area contributed by atoms with Crippen molar-refractivity contribution in [2.75, 3.05) is 33.9 Å². The van der Waals surface area contributed by atoms with E-state index in [2.05, 4.69) is 35.2 Å². The summed E-state index contributed by atoms with van der Waals surface area (Å²) in [7, 11) is 3.31. The van der Waals surface area contributed by atoms with Crippen LogP contribution in [0.25, 0.3) is 0 Å². The molecule has 6 nitrogen and oxygen atoms in total. The number of nitrogens with one attached hydrogen (secondary N) is 1. The Kier molecular flexibility index (Phi) is 7.98. The minimum atomic E-state index is -0.282. The predicted molar refractivity (Wildman–Crippen MR) is 137 cm³/mol. The minimum Gasteiger partial charge on any atom is -0.493 e. The van der Waals surface area contributed by atoms with Gasteiger partial charge in [-0.15, -0.1) is 0 Å². The fourth-order valence-electron chi connectivity index (χ4n) is 4.40. The van der Waals surface area contributed by atoms with Crippen molar-refractivity contribution in [3.63, 3.8) is 0 Å². The van der Waals surface area contributed by atoms with Gasteiger partial charge in [-0.2, -0.15) is 0 Å². The molecule has 0 bridgehead atoms. The molecule has 0 unspecified atom stereocenters. The first-order valence-corrected chi connectivity index (χ1v) is 11.8. The molecule has 3 aromatic rings. The Labute approximate surface area is 207 Å². The van der Waals surface area contributed by atoms with E-state index in [0.717, 1.165) is 48.7 Å². The zero-order valence-corrected chi connectivity index (χ0v) is 20.5. The van der Waals surface area contributed by atoms with E-state index in [1.807, 2.05) is 60.7 Å². The van der Waals surface area contributed by atoms with Crippen LogP contribution in [-0.4, -0.2) is 49.1 Å². The van der Waals surface area contributed by atoms with Gasteiger partial charge in [-0.05, 0) is 40.8 Å². The topological polar surface area (TPSA) is 54.0 Å². The van der Waals surface area contributed by atoms with E-state index in [0.29, 0.717) is 6.54 Å². The van der Waals surface area contributed by atoms with E-state index in [4.69, 9.17) is 9.47 Å². The van der Waals surface area contributed by atoms with Gasteiger partial charge in [0, 0.05) is 26.2 Å². The molecule has 0 saturated carbocycles. The molecule has 0 spiro atoms. The van der Waals surface area contributed by atoms with Gasteiger partial charge in [-0.3, -0.25) is 9.21 Å². The Morgan fingerprint density at radius 3 is 2.09 bits per heavy atom. The van der Waals surface area contributed by atoms with Crippen LogP contribution in [0.1, 0.15) is 28.3 Å². The van der Waals surface area contributed by atoms with Gasteiger partial charge in [0.15, 0.2) is 11.5 Å². The molecule has 0 aliphatic carbocycles. The van der Waals surface area contributed by atoms with Crippen LogP contribution in [0.15, 0.2) is 72.8 Å². The van der Waals surface area contributed by atoms with E-state index < -0.39 is 0 Å². The molecule has 3 aromatic carbocycles. The van der Waals surface area contributed by atoms with Crippen molar-refractivity contribution >= 4 is 18.8 Å². The number of hydrogen-bond acceptors (Lipinski definition) is 5. The van der Waals surface area contributed by atoms with E-state index in [1.54, 1.807) is 14.2 Å². The van der Waals surface area contributed by atoms with Gasteiger partial charge in [-0.1, -0.05) is 73.5 Å². The summed E-state index contributed by atoms with van der Waals surface area (Å²) in [6.45, 7) is 3.03. The second-order valence-corrected chi connectivity index (χ2v) is 8.73. The summed E-state index contributed by atoms with van der Waals surface area (Å²) >= 11 is 4.60. The van der Waals surface area contributed by atoms with Crippen LogP contribution in [0, 0.1) is 0 Å². The summed E-state index contributed by atoms with van der Waals surface area (Å²) in [4.78, 5) is 15.4. The zero-order valence-electron chi connectivity index (χ0n) is 19.6. The highest BCUT2D eigenvalue weighted by molar-refractivity contribution is 7.78. The number of ether oxygens (including phenoxy) is 2. The third kappa shape index (κ3) is 5.48. The van der Waals surface area contributed by atoms with Gasteiger partial charge in [0.05, 0.1) is 20.3 Å². The number of thiol groups is 1. The van der Waals surface area contributed by atoms with Crippen molar-refractivity contribution in [1.82, 2.24) is 14.5 Å². The number of carbonyl (C=O) groups is 1. The van der Waals surface area contributed by atoms with Crippen molar-refractivity contribution in [1.29, 1.82) is 0 Å². The Morgan fingerprint density at radius 1 is 0.971 bits per heavy atom. The van der Waals surface area contributed by atoms with E-state index in [9.17, 15) is 4.79 Å². The quantitative estimate of drug-likeness (QED) is 0.462. The molecule has 1 heterocycles. The van der Waals surface area contributed by atoms with Crippen LogP contribution >= 0.6 is 12.8 Å². The van der Waals surface area contributed by atoms with Gasteiger partial charge < -0.3 is 14.8 Å². The summed E-state index contributed by atoms with van der Waals surface area (Å²) in [5.41, 5.74) is 4.54. The number of methoxy groups -OCH3 is 2. The molecule has 7 heteroatoms. The fourth-order valence-corrected chi connectivity index (χ4v) is 4.73. The Hall–Kier alpha value is -3.16. The van der Waals surface area contributed by atoms with Crippen molar-refractivity contribution in [2.24, 2.45) is 0 Å². The highest BCUT2D eigenvalue weighted by atomic mass is 32.1. The molecule has 1 aliphatic rings. The summed E-state index contributed by atoms with van der Waals surface area (Å²) < 4.78 is 12.4. The van der Waals surface area contributed by atoms with Crippen LogP contribution in [0.5, 0.6) is 11.5 Å². The number of benzene rings is 3. The standard InChI is InChI=1S/C27H31N3O3S/c1-32-24-17-22-13-15-29(19-23(22)18-25(24)33-2)16-14-28-27(31)30(34)26(20-9-5-3-6-10-20)21-11-7-4-8-12-21/h3-12,17-18,26,34H,13-16,19H2,1-2H3,(H,28,31). The largest absolute Gasteiger partial charge is 0.493 e. The number of nitrogens with zero attached hydrogens (tertiary/aromatic N) is 2. The van der Waals surface area contributed by atoms with Crippen LogP contribution in [0.3, 0.4) is 0 Å². The zero-order chi connectivity index (χ0) is 23.9. The maximum atomic E-state index is 13.0. The van der Waals surface area contributed by atoms with Gasteiger partial charge in [0.1, 0.15) is 0 Å². The van der Waals surface area contributed by atoms with E-state index in [1.165, 1.54) is 15.4 Å². The average molecular weight is 478 g/mol. The van der Waals surface area contributed by atoms with E-state index >= 15 is 0 Å². The highest BCUT2D eigenvalue weighted by Gasteiger charge is 2.25. The third-order valence-corrected chi connectivity index (χ3v) is 6.60. The third-order valence-electron chi connectivity index (χ3n) is 6.18. The second kappa shape index (κ2) is 11.3. The molecule has 178 valence electrons. The molecule has 1 N–H and O–H groups in total. The first kappa shape index (κ1) is 24.0. The van der Waals surface area contributed by atoms with Crippen LogP contribution < -0.4 is 14.8 Å². The molecule has 0 radical (unpaired) electrons. The monoisotopic (exact) mass is 477 g/mol. The normalized spacial score (nSPS) is 13.3. The molecule has 0 fully saturated rings. The lowest BCUT2D eigenvalue weighted by Crippen LogP contribution is -2.42. The predicted octanol–water partition coefficient (Wildman–Crippen LogP) is 4.71. The van der Waals surface area contributed by atoms with Crippen molar-refractivity contribution in [3.05, 3.63) is 95.1 Å². The fraction of sp³-hybridized carbons (Fsp3) is 0.296. The maximum Gasteiger partial charge on any atom is 0.328 e. The number of fused-ring (bicyclic) bond motifs is 1. The number of amides is 2. The van der Waals surface area contributed by atoms with Crippen molar-refractivity contribution in [2.45, 2.75) is 19.0 Å². The lowest BCUT2D eigenvalue weighted by molar-refractivity contribution is 0.214. The Morgan fingerprint density at radius 2 is 1.53 bits per heavy atom. The molecule has 0 atom stereocenters. The highest BCUT2D eigenvalue weighted by Crippen LogP contribution is 2.33. The molecular weight excluding hydrogens is 446 g/mol. The molecule has 0 aromatic heterocycles. The minimum absolute atomic E-state index is 0.218. The van der Waals surface area contributed by atoms with Crippen LogP contribution in [0.4, 0.5) is 4.79 Å². The van der Waals surface area contributed by atoms with Crippen LogP contribution in [0.2, 0.25) is 0 Å². The molecule has 0 saturated heterocycles. The average Bonchev–Trinajstić information content (AvgIpc) is 2.89. The summed E-state index contributed by atoms with van der Waals surface area (Å²) in [5.74, 6) is 1.51. The van der Waals surface area contributed by atoms with Gasteiger partial charge in [-0.25, -0.2) is 4.79 Å². The van der Waals surface area contributed by atoms with Gasteiger partial charge >= 0.3 is 6.03 Å². The molecule has 34 heavy (non-hydrogen) atoms. The molecular formula is C27H31N3O3S. The number of carbonyl (C=O) groups excluding carboxylic acids is 1. The number of rotatable bonds is 8. The first-order chi connectivity index (χ1) is 16.6. The number of hydrogen-bond donors (Lipinski definition) is 2. The summed E-state index contributed by atoms with van der Waals surface area (Å²) in [5, 5.41) is 3.04. The molecule has 2 amide bonds. The maximum absolute atomic E-state index is 13.0. The lowest BCUT2D eigenvalue weighted by Gasteiger charge is -2.31. The summed E-state index contributed by atoms with van der Waals surface area (Å²) in [6.07, 6.45) is 0.937. The van der Waals surface area contributed by atoms with Crippen LogP contribution in [-0.2, 0) is 13.0 Å². The first-order valence-electron chi connectivity index (χ1n) is 11.4. The molecule has 4 rings (SSSR count). The van der Waals surface area contributed by atoms with Crippen molar-refractivity contribution < 1.29 is 14.3 Å². The van der Waals surface area contributed by atoms with Gasteiger partial charge in [0.2, 0.25) is 0 Å². The second-order valence-electron chi connectivity index (χ2n) is 8.30. The Balaban J connectivity index is 1.37. The molecule has 1 aliphatic heterocycles. The summed E-state index contributed by atoms with van der Waals surface area (Å²) in [6, 6.07) is 23.5. The smallest absolute Gasteiger partial charge is 0.328 e. The lowest BCUT2D eigenvalue weighted by atomic mass is 9.99. The SMILES string of the molecule is COc1cc2c(cc1OC)CN(CCNC(=O)N(S)C(c1ccccc1)c1ccccc1)CC2. The van der Waals surface area contributed by atoms with Crippen molar-refractivity contribution in [3.8, 4) is 11.5 Å².